The highest BCUT2D eigenvalue weighted by atomic mass is 33.1. The lowest BCUT2D eigenvalue weighted by molar-refractivity contribution is -0.192. The molecule has 3 N–H and O–H groups in total. The largest absolute Gasteiger partial charge is 0.490 e. The molecule has 2 heterocycles. The summed E-state index contributed by atoms with van der Waals surface area (Å²) in [6.07, 6.45) is -1.80. The maximum absolute atomic E-state index is 12.0. The van der Waals surface area contributed by atoms with Crippen LogP contribution in [0.1, 0.15) is 41.6 Å². The Morgan fingerprint density at radius 2 is 1.77 bits per heavy atom. The number of amides is 1. The Balaban J connectivity index is 0.000000553. The predicted octanol–water partition coefficient (Wildman–Crippen LogP) is 2.79. The number of rotatable bonds is 9. The molecule has 1 aliphatic rings. The SMILES string of the molecule is O=C(O)C(F)(F)F.O=C(O)CCSSCCNC(=O)c1coc(C2CCOCC2)n1. The van der Waals surface area contributed by atoms with Crippen LogP contribution < -0.4 is 5.32 Å². The molecule has 2 rings (SSSR count). The number of hydrogen-bond acceptors (Lipinski definition) is 8. The van der Waals surface area contributed by atoms with Crippen LogP contribution in [-0.4, -0.2) is 70.5 Å². The van der Waals surface area contributed by atoms with Gasteiger partial charge in [-0.25, -0.2) is 9.78 Å². The quantitative estimate of drug-likeness (QED) is 0.362. The van der Waals surface area contributed by atoms with Gasteiger partial charge in [-0.2, -0.15) is 13.2 Å². The molecule has 0 radical (unpaired) electrons. The topological polar surface area (TPSA) is 139 Å². The first kappa shape index (κ1) is 26.1. The molecule has 170 valence electrons. The van der Waals surface area contributed by atoms with E-state index in [1.807, 2.05) is 0 Å². The monoisotopic (exact) mass is 474 g/mol. The Morgan fingerprint density at radius 1 is 1.17 bits per heavy atom. The van der Waals surface area contributed by atoms with Gasteiger partial charge in [-0.05, 0) is 12.8 Å². The van der Waals surface area contributed by atoms with Gasteiger partial charge in [-0.1, -0.05) is 21.6 Å². The molecule has 0 aromatic carbocycles. The Morgan fingerprint density at radius 3 is 2.33 bits per heavy atom. The summed E-state index contributed by atoms with van der Waals surface area (Å²) >= 11 is 0. The number of hydrogen-bond donors (Lipinski definition) is 3. The number of halogens is 3. The second kappa shape index (κ2) is 13.4. The van der Waals surface area contributed by atoms with Crippen molar-refractivity contribution in [3.05, 3.63) is 17.8 Å². The van der Waals surface area contributed by atoms with Gasteiger partial charge < -0.3 is 24.7 Å². The molecule has 0 aliphatic carbocycles. The molecule has 1 saturated heterocycles. The number of oxazole rings is 1. The summed E-state index contributed by atoms with van der Waals surface area (Å²) in [5.41, 5.74) is 0.301. The first-order chi connectivity index (χ1) is 14.1. The van der Waals surface area contributed by atoms with Crippen LogP contribution in [0.15, 0.2) is 10.7 Å². The summed E-state index contributed by atoms with van der Waals surface area (Å²) in [7, 11) is 3.03. The molecule has 0 saturated carbocycles. The fraction of sp³-hybridized carbons (Fsp3) is 0.625. The van der Waals surface area contributed by atoms with Gasteiger partial charge in [0.25, 0.3) is 5.91 Å². The number of aliphatic carboxylic acids is 2. The van der Waals surface area contributed by atoms with Crippen LogP contribution >= 0.6 is 21.6 Å². The molecule has 0 spiro atoms. The summed E-state index contributed by atoms with van der Waals surface area (Å²) in [5, 5.41) is 18.4. The lowest BCUT2D eigenvalue weighted by atomic mass is 10.0. The smallest absolute Gasteiger partial charge is 0.481 e. The minimum atomic E-state index is -5.08. The second-order valence-electron chi connectivity index (χ2n) is 5.80. The predicted molar refractivity (Wildman–Crippen MR) is 102 cm³/mol. The number of carboxylic acids is 2. The molecule has 0 atom stereocenters. The van der Waals surface area contributed by atoms with Crippen LogP contribution in [0.3, 0.4) is 0 Å². The maximum atomic E-state index is 12.0. The molecule has 1 amide bonds. The zero-order valence-corrected chi connectivity index (χ0v) is 17.3. The van der Waals surface area contributed by atoms with E-state index in [9.17, 15) is 22.8 Å². The highest BCUT2D eigenvalue weighted by Crippen LogP contribution is 2.26. The van der Waals surface area contributed by atoms with Gasteiger partial charge in [0.1, 0.15) is 6.26 Å². The van der Waals surface area contributed by atoms with E-state index in [4.69, 9.17) is 24.2 Å². The van der Waals surface area contributed by atoms with Crippen molar-refractivity contribution in [1.82, 2.24) is 10.3 Å². The number of ether oxygens (including phenoxy) is 1. The van der Waals surface area contributed by atoms with Gasteiger partial charge >= 0.3 is 18.1 Å². The summed E-state index contributed by atoms with van der Waals surface area (Å²) in [4.78, 5) is 35.5. The normalized spacial score (nSPS) is 14.5. The van der Waals surface area contributed by atoms with Crippen LogP contribution in [-0.2, 0) is 14.3 Å². The highest BCUT2D eigenvalue weighted by Gasteiger charge is 2.38. The zero-order valence-electron chi connectivity index (χ0n) is 15.6. The summed E-state index contributed by atoms with van der Waals surface area (Å²) in [6.45, 7) is 1.90. The third-order valence-electron chi connectivity index (χ3n) is 3.52. The van der Waals surface area contributed by atoms with Gasteiger partial charge in [0, 0.05) is 37.2 Å². The average Bonchev–Trinajstić information content (AvgIpc) is 3.17. The number of alkyl halides is 3. The van der Waals surface area contributed by atoms with Crippen molar-refractivity contribution < 1.29 is 46.9 Å². The summed E-state index contributed by atoms with van der Waals surface area (Å²) < 4.78 is 42.4. The number of nitrogens with zero attached hydrogens (tertiary/aromatic N) is 1. The highest BCUT2D eigenvalue weighted by molar-refractivity contribution is 8.76. The molecular weight excluding hydrogens is 453 g/mol. The van der Waals surface area contributed by atoms with Crippen LogP contribution in [0, 0.1) is 0 Å². The first-order valence-electron chi connectivity index (χ1n) is 8.69. The van der Waals surface area contributed by atoms with Crippen LogP contribution in [0.4, 0.5) is 13.2 Å². The number of carbonyl (C=O) groups excluding carboxylic acids is 1. The molecule has 0 unspecified atom stereocenters. The standard InChI is InChI=1S/C14H20N2O5S2.C2HF3O2/c17-12(18)3-7-22-23-8-4-15-13(19)11-9-21-14(16-11)10-1-5-20-6-2-10;3-2(4,5)1(6)7/h9-10H,1-8H2,(H,15,19)(H,17,18);(H,6,7). The third-order valence-corrected chi connectivity index (χ3v) is 5.93. The van der Waals surface area contributed by atoms with Gasteiger partial charge in [0.2, 0.25) is 0 Å². The van der Waals surface area contributed by atoms with E-state index in [0.717, 1.165) is 12.8 Å². The Bertz CT molecular complexity index is 695. The fourth-order valence-corrected chi connectivity index (χ4v) is 3.95. The van der Waals surface area contributed by atoms with Crippen molar-refractivity contribution in [2.75, 3.05) is 31.3 Å². The van der Waals surface area contributed by atoms with Crippen LogP contribution in [0.25, 0.3) is 0 Å². The van der Waals surface area contributed by atoms with E-state index in [-0.39, 0.29) is 18.2 Å². The lowest BCUT2D eigenvalue weighted by Gasteiger charge is -2.18. The number of aromatic nitrogens is 1. The van der Waals surface area contributed by atoms with Gasteiger partial charge in [-0.3, -0.25) is 9.59 Å². The number of carboxylic acid groups (broad SMARTS) is 2. The van der Waals surface area contributed by atoms with Gasteiger partial charge in [-0.15, -0.1) is 0 Å². The van der Waals surface area contributed by atoms with Crippen molar-refractivity contribution >= 4 is 39.4 Å². The van der Waals surface area contributed by atoms with E-state index in [0.29, 0.717) is 42.8 Å². The Labute approximate surface area is 177 Å². The van der Waals surface area contributed by atoms with Crippen molar-refractivity contribution in [2.45, 2.75) is 31.4 Å². The van der Waals surface area contributed by atoms with E-state index < -0.39 is 18.1 Å². The van der Waals surface area contributed by atoms with Crippen molar-refractivity contribution in [1.29, 1.82) is 0 Å². The van der Waals surface area contributed by atoms with Crippen molar-refractivity contribution in [2.24, 2.45) is 0 Å². The molecule has 1 aromatic rings. The van der Waals surface area contributed by atoms with Crippen LogP contribution in [0.5, 0.6) is 0 Å². The van der Waals surface area contributed by atoms with E-state index >= 15 is 0 Å². The van der Waals surface area contributed by atoms with E-state index in [2.05, 4.69) is 10.3 Å². The molecule has 9 nitrogen and oxygen atoms in total. The number of nitrogens with one attached hydrogen (secondary N) is 1. The molecule has 1 aliphatic heterocycles. The minimum Gasteiger partial charge on any atom is -0.481 e. The molecular formula is C16H21F3N2O7S2. The van der Waals surface area contributed by atoms with E-state index in [1.54, 1.807) is 10.8 Å². The van der Waals surface area contributed by atoms with Gasteiger partial charge in [0.05, 0.1) is 6.42 Å². The Hall–Kier alpha value is -1.93. The van der Waals surface area contributed by atoms with Crippen molar-refractivity contribution in [3.63, 3.8) is 0 Å². The third kappa shape index (κ3) is 10.7. The second-order valence-corrected chi connectivity index (χ2v) is 8.51. The minimum absolute atomic E-state index is 0.151. The molecule has 1 fully saturated rings. The fourth-order valence-electron chi connectivity index (χ4n) is 2.07. The average molecular weight is 474 g/mol. The van der Waals surface area contributed by atoms with Crippen molar-refractivity contribution in [3.8, 4) is 0 Å². The Kier molecular flexibility index (Phi) is 11.7. The summed E-state index contributed by atoms with van der Waals surface area (Å²) in [5.74, 6) is -1.69. The molecule has 14 heteroatoms. The zero-order chi connectivity index (χ0) is 22.6. The first-order valence-corrected chi connectivity index (χ1v) is 11.2. The van der Waals surface area contributed by atoms with Gasteiger partial charge in [0.15, 0.2) is 11.6 Å². The van der Waals surface area contributed by atoms with Crippen LogP contribution in [0.2, 0.25) is 0 Å². The summed E-state index contributed by atoms with van der Waals surface area (Å²) in [6, 6.07) is 0. The number of carbonyl (C=O) groups is 3. The molecule has 30 heavy (non-hydrogen) atoms. The lowest BCUT2D eigenvalue weighted by Crippen LogP contribution is -2.26. The molecule has 1 aromatic heterocycles. The van der Waals surface area contributed by atoms with E-state index in [1.165, 1.54) is 17.1 Å². The maximum Gasteiger partial charge on any atom is 0.490 e. The molecule has 0 bridgehead atoms.